The van der Waals surface area contributed by atoms with Crippen LogP contribution in [0.25, 0.3) is 0 Å². The molecule has 1 aliphatic heterocycles. The number of nitrogens with zero attached hydrogens (tertiary/aromatic N) is 2. The molecule has 6 heteroatoms. The van der Waals surface area contributed by atoms with Crippen LogP contribution in [0.3, 0.4) is 0 Å². The number of hydrogen-bond donors (Lipinski definition) is 1. The normalized spacial score (nSPS) is 16.0. The van der Waals surface area contributed by atoms with Gasteiger partial charge in [0.1, 0.15) is 0 Å². The van der Waals surface area contributed by atoms with E-state index in [2.05, 4.69) is 34.6 Å². The van der Waals surface area contributed by atoms with Crippen LogP contribution in [0.4, 0.5) is 5.69 Å². The van der Waals surface area contributed by atoms with Crippen molar-refractivity contribution in [3.63, 3.8) is 0 Å². The Morgan fingerprint density at radius 1 is 1.19 bits per heavy atom. The zero-order chi connectivity index (χ0) is 13.8. The summed E-state index contributed by atoms with van der Waals surface area (Å²) in [4.78, 5) is 7.18. The predicted octanol–water partition coefficient (Wildman–Crippen LogP) is 4.46. The van der Waals surface area contributed by atoms with Crippen LogP contribution >= 0.6 is 35.5 Å². The largest absolute Gasteiger partial charge is 0.255 e. The van der Waals surface area contributed by atoms with Crippen LogP contribution in [0.5, 0.6) is 0 Å². The predicted molar refractivity (Wildman–Crippen MR) is 96.6 cm³/mol. The Kier molecular flexibility index (Phi) is 5.85. The minimum absolute atomic E-state index is 0. The maximum Gasteiger partial charge on any atom is 0.182 e. The second-order valence-electron chi connectivity index (χ2n) is 4.33. The number of halogens is 1. The lowest BCUT2D eigenvalue weighted by Crippen LogP contribution is -2.24. The fourth-order valence-corrected chi connectivity index (χ4v) is 3.64. The zero-order valence-corrected chi connectivity index (χ0v) is 14.0. The molecule has 1 aromatic carbocycles. The number of thiophene rings is 1. The molecule has 0 atom stereocenters. The van der Waals surface area contributed by atoms with Gasteiger partial charge < -0.3 is 0 Å². The third-order valence-electron chi connectivity index (χ3n) is 2.91. The molecule has 3 rings (SSSR count). The fourth-order valence-electron chi connectivity index (χ4n) is 1.84. The van der Waals surface area contributed by atoms with Crippen LogP contribution in [-0.4, -0.2) is 16.6 Å². The van der Waals surface area contributed by atoms with Crippen LogP contribution in [0.15, 0.2) is 52.6 Å². The number of nitrogens with one attached hydrogen (secondary N) is 1. The third-order valence-corrected chi connectivity index (χ3v) is 5.07. The van der Waals surface area contributed by atoms with E-state index in [0.29, 0.717) is 0 Å². The summed E-state index contributed by atoms with van der Waals surface area (Å²) in [6, 6.07) is 14.3. The summed E-state index contributed by atoms with van der Waals surface area (Å²) >= 11 is 3.51. The first-order valence-electron chi connectivity index (χ1n) is 6.53. The van der Waals surface area contributed by atoms with Gasteiger partial charge >= 0.3 is 0 Å². The van der Waals surface area contributed by atoms with E-state index in [-0.39, 0.29) is 12.4 Å². The van der Waals surface area contributed by atoms with E-state index >= 15 is 0 Å². The van der Waals surface area contributed by atoms with Crippen molar-refractivity contribution in [3.05, 3.63) is 52.2 Å². The minimum atomic E-state index is 0. The molecule has 0 saturated heterocycles. The second-order valence-corrected chi connectivity index (χ2v) is 6.46. The standard InChI is InChI=1S/C15H15N3S2.ClH/c1-2-12-8-9-14(20-12)13-10-19-15(18-17-13)16-11-6-4-3-5-7-11;/h3-9H,2,10H2,1H3,(H,16,18);1H. The highest BCUT2D eigenvalue weighted by Gasteiger charge is 2.14. The lowest BCUT2D eigenvalue weighted by Gasteiger charge is -2.13. The molecule has 110 valence electrons. The zero-order valence-electron chi connectivity index (χ0n) is 11.6. The highest BCUT2D eigenvalue weighted by molar-refractivity contribution is 8.14. The summed E-state index contributed by atoms with van der Waals surface area (Å²) in [7, 11) is 0. The van der Waals surface area contributed by atoms with Gasteiger partial charge in [0.05, 0.1) is 16.3 Å². The Labute approximate surface area is 139 Å². The van der Waals surface area contributed by atoms with Gasteiger partial charge in [0.25, 0.3) is 0 Å². The molecule has 0 aliphatic carbocycles. The molecule has 1 N–H and O–H groups in total. The molecule has 2 heterocycles. The van der Waals surface area contributed by atoms with E-state index in [0.717, 1.165) is 28.7 Å². The minimum Gasteiger partial charge on any atom is -0.255 e. The Hall–Kier alpha value is -1.30. The Balaban J connectivity index is 0.00000161. The van der Waals surface area contributed by atoms with Gasteiger partial charge in [-0.25, -0.2) is 4.99 Å². The molecule has 0 amide bonds. The molecular formula is C15H16ClN3S2. The molecule has 0 unspecified atom stereocenters. The molecule has 0 saturated carbocycles. The number of benzene rings is 1. The maximum atomic E-state index is 4.53. The van der Waals surface area contributed by atoms with Gasteiger partial charge in [0, 0.05) is 10.6 Å². The van der Waals surface area contributed by atoms with Crippen molar-refractivity contribution in [2.24, 2.45) is 10.1 Å². The number of para-hydroxylation sites is 1. The average Bonchev–Trinajstić information content (AvgIpc) is 2.98. The molecular weight excluding hydrogens is 322 g/mol. The van der Waals surface area contributed by atoms with E-state index < -0.39 is 0 Å². The number of hydrazone groups is 1. The van der Waals surface area contributed by atoms with E-state index in [1.807, 2.05) is 41.7 Å². The number of aryl methyl sites for hydroxylation is 1. The fraction of sp³-hybridized carbons (Fsp3) is 0.200. The topological polar surface area (TPSA) is 36.8 Å². The highest BCUT2D eigenvalue weighted by Crippen LogP contribution is 2.22. The van der Waals surface area contributed by atoms with Crippen molar-refractivity contribution in [2.75, 3.05) is 5.75 Å². The molecule has 1 aliphatic rings. The Morgan fingerprint density at radius 2 is 2.00 bits per heavy atom. The van der Waals surface area contributed by atoms with Gasteiger partial charge in [-0.3, -0.25) is 5.43 Å². The monoisotopic (exact) mass is 337 g/mol. The molecule has 0 bridgehead atoms. The lowest BCUT2D eigenvalue weighted by molar-refractivity contribution is 1.04. The molecule has 2 aromatic rings. The summed E-state index contributed by atoms with van der Waals surface area (Å²) in [6.45, 7) is 2.18. The van der Waals surface area contributed by atoms with Gasteiger partial charge in [-0.05, 0) is 30.7 Å². The molecule has 0 fully saturated rings. The van der Waals surface area contributed by atoms with E-state index in [9.17, 15) is 0 Å². The maximum absolute atomic E-state index is 4.53. The first kappa shape index (κ1) is 16.1. The number of rotatable bonds is 3. The van der Waals surface area contributed by atoms with Crippen molar-refractivity contribution in [1.82, 2.24) is 5.43 Å². The van der Waals surface area contributed by atoms with Crippen LogP contribution in [0, 0.1) is 0 Å². The number of hydrogen-bond acceptors (Lipinski definition) is 4. The summed E-state index contributed by atoms with van der Waals surface area (Å²) in [5.41, 5.74) is 5.10. The van der Waals surface area contributed by atoms with Gasteiger partial charge in [-0.2, -0.15) is 5.10 Å². The van der Waals surface area contributed by atoms with Gasteiger partial charge in [-0.1, -0.05) is 36.9 Å². The van der Waals surface area contributed by atoms with Crippen molar-refractivity contribution >= 4 is 52.1 Å². The Bertz CT molecular complexity index is 650. The van der Waals surface area contributed by atoms with Crippen LogP contribution < -0.4 is 5.43 Å². The smallest absolute Gasteiger partial charge is 0.182 e. The van der Waals surface area contributed by atoms with Crippen LogP contribution in [0.1, 0.15) is 16.7 Å². The summed E-state index contributed by atoms with van der Waals surface area (Å²) < 4.78 is 0. The lowest BCUT2D eigenvalue weighted by atomic mass is 10.3. The molecule has 1 aromatic heterocycles. The number of aliphatic imine (C=N–C) groups is 1. The van der Waals surface area contributed by atoms with Crippen LogP contribution in [-0.2, 0) is 6.42 Å². The van der Waals surface area contributed by atoms with Gasteiger partial charge in [0.15, 0.2) is 5.17 Å². The first-order chi connectivity index (χ1) is 9.85. The SMILES string of the molecule is CCc1ccc(C2=NNC(=Nc3ccccc3)SC2)s1.Cl. The van der Waals surface area contributed by atoms with E-state index in [4.69, 9.17) is 0 Å². The average molecular weight is 338 g/mol. The molecule has 0 radical (unpaired) electrons. The molecule has 0 spiro atoms. The second kappa shape index (κ2) is 7.64. The summed E-state index contributed by atoms with van der Waals surface area (Å²) in [5, 5.41) is 5.30. The van der Waals surface area contributed by atoms with E-state index in [1.54, 1.807) is 11.8 Å². The van der Waals surface area contributed by atoms with Gasteiger partial charge in [0.2, 0.25) is 0 Å². The summed E-state index contributed by atoms with van der Waals surface area (Å²) in [5.74, 6) is 0.863. The van der Waals surface area contributed by atoms with Crippen molar-refractivity contribution < 1.29 is 0 Å². The van der Waals surface area contributed by atoms with Crippen LogP contribution in [0.2, 0.25) is 0 Å². The molecule has 3 nitrogen and oxygen atoms in total. The van der Waals surface area contributed by atoms with Crippen molar-refractivity contribution in [1.29, 1.82) is 0 Å². The number of amidine groups is 1. The first-order valence-corrected chi connectivity index (χ1v) is 8.33. The Morgan fingerprint density at radius 3 is 2.62 bits per heavy atom. The number of thioether (sulfide) groups is 1. The summed E-state index contributed by atoms with van der Waals surface area (Å²) in [6.07, 6.45) is 1.08. The molecule has 21 heavy (non-hydrogen) atoms. The quantitative estimate of drug-likeness (QED) is 0.897. The van der Waals surface area contributed by atoms with Crippen molar-refractivity contribution in [3.8, 4) is 0 Å². The highest BCUT2D eigenvalue weighted by atomic mass is 35.5. The van der Waals surface area contributed by atoms with Gasteiger partial charge in [-0.15, -0.1) is 23.7 Å². The van der Waals surface area contributed by atoms with E-state index in [1.165, 1.54) is 9.75 Å². The third kappa shape index (κ3) is 4.09. The van der Waals surface area contributed by atoms with Crippen molar-refractivity contribution in [2.45, 2.75) is 13.3 Å².